The molecule has 0 aliphatic heterocycles. The Labute approximate surface area is 132 Å². The summed E-state index contributed by atoms with van der Waals surface area (Å²) in [6, 6.07) is 5.92. The van der Waals surface area contributed by atoms with Gasteiger partial charge in [-0.25, -0.2) is 0 Å². The van der Waals surface area contributed by atoms with Crippen molar-refractivity contribution in [2.45, 2.75) is 52.9 Å². The van der Waals surface area contributed by atoms with Crippen LogP contribution in [0.25, 0.3) is 0 Å². The molecule has 2 nitrogen and oxygen atoms in total. The van der Waals surface area contributed by atoms with Gasteiger partial charge in [-0.3, -0.25) is 4.79 Å². The number of carboxylic acids is 1. The Morgan fingerprint density at radius 3 is 2.48 bits per heavy atom. The number of carbonyl (C=O) groups is 1. The van der Waals surface area contributed by atoms with Gasteiger partial charge < -0.3 is 5.11 Å². The topological polar surface area (TPSA) is 37.3 Å². The lowest BCUT2D eigenvalue weighted by Crippen LogP contribution is -2.38. The van der Waals surface area contributed by atoms with Crippen LogP contribution in [0.1, 0.15) is 50.7 Å². The molecule has 0 atom stereocenters. The molecule has 0 saturated heterocycles. The molecule has 1 saturated carbocycles. The summed E-state index contributed by atoms with van der Waals surface area (Å²) in [6.07, 6.45) is 4.08. The van der Waals surface area contributed by atoms with Crippen molar-refractivity contribution in [2.24, 2.45) is 17.3 Å². The van der Waals surface area contributed by atoms with Gasteiger partial charge in [-0.05, 0) is 68.1 Å². The average Bonchev–Trinajstić information content (AvgIpc) is 2.42. The van der Waals surface area contributed by atoms with Crippen molar-refractivity contribution in [2.75, 3.05) is 0 Å². The Hall–Kier alpha value is -1.02. The second kappa shape index (κ2) is 6.39. The third-order valence-electron chi connectivity index (χ3n) is 5.12. The van der Waals surface area contributed by atoms with Gasteiger partial charge in [0.2, 0.25) is 0 Å². The summed E-state index contributed by atoms with van der Waals surface area (Å²) in [6.45, 7) is 6.46. The number of rotatable bonds is 4. The van der Waals surface area contributed by atoms with E-state index in [9.17, 15) is 9.90 Å². The molecule has 1 aromatic rings. The Morgan fingerprint density at radius 1 is 1.38 bits per heavy atom. The number of hydrogen-bond donors (Lipinski definition) is 1. The third kappa shape index (κ3) is 3.60. The molecular formula is C18H25ClO2. The largest absolute Gasteiger partial charge is 0.481 e. The van der Waals surface area contributed by atoms with Crippen LogP contribution in [-0.2, 0) is 11.2 Å². The zero-order valence-electron chi connectivity index (χ0n) is 13.2. The van der Waals surface area contributed by atoms with Crippen LogP contribution in [0, 0.1) is 24.2 Å². The van der Waals surface area contributed by atoms with E-state index >= 15 is 0 Å². The van der Waals surface area contributed by atoms with Gasteiger partial charge in [0.15, 0.2) is 0 Å². The van der Waals surface area contributed by atoms with Crippen molar-refractivity contribution < 1.29 is 9.90 Å². The molecule has 0 radical (unpaired) electrons. The quantitative estimate of drug-likeness (QED) is 0.839. The van der Waals surface area contributed by atoms with Gasteiger partial charge in [0, 0.05) is 5.02 Å². The van der Waals surface area contributed by atoms with E-state index in [0.717, 1.165) is 36.8 Å². The molecule has 1 aliphatic carbocycles. The maximum Gasteiger partial charge on any atom is 0.309 e. The first-order valence-corrected chi connectivity index (χ1v) is 8.20. The number of aliphatic carboxylic acids is 1. The summed E-state index contributed by atoms with van der Waals surface area (Å²) >= 11 is 6.30. The molecule has 0 heterocycles. The van der Waals surface area contributed by atoms with Crippen LogP contribution in [0.4, 0.5) is 0 Å². The van der Waals surface area contributed by atoms with E-state index in [1.54, 1.807) is 0 Å². The van der Waals surface area contributed by atoms with Crippen LogP contribution < -0.4 is 0 Å². The van der Waals surface area contributed by atoms with Gasteiger partial charge in [0.1, 0.15) is 0 Å². The number of hydrogen-bond acceptors (Lipinski definition) is 1. The highest BCUT2D eigenvalue weighted by Gasteiger charge is 2.42. The molecule has 0 amide bonds. The van der Waals surface area contributed by atoms with E-state index in [1.165, 1.54) is 0 Å². The minimum atomic E-state index is -0.665. The number of carboxylic acid groups (broad SMARTS) is 1. The van der Waals surface area contributed by atoms with E-state index in [0.29, 0.717) is 23.3 Å². The summed E-state index contributed by atoms with van der Waals surface area (Å²) in [4.78, 5) is 11.9. The standard InChI is InChI=1S/C18H25ClO2/c1-12(2)14-6-8-18(9-7-14,17(20)21)11-15-5-4-13(3)10-16(15)19/h4-5,10,12,14H,6-9,11H2,1-3H3,(H,20,21). The number of benzene rings is 1. The highest BCUT2D eigenvalue weighted by atomic mass is 35.5. The lowest BCUT2D eigenvalue weighted by atomic mass is 9.65. The van der Waals surface area contributed by atoms with Crippen molar-refractivity contribution in [3.8, 4) is 0 Å². The van der Waals surface area contributed by atoms with Crippen molar-refractivity contribution in [1.82, 2.24) is 0 Å². The minimum Gasteiger partial charge on any atom is -0.481 e. The molecule has 0 bridgehead atoms. The Bertz CT molecular complexity index is 514. The fourth-order valence-corrected chi connectivity index (χ4v) is 3.79. The molecule has 21 heavy (non-hydrogen) atoms. The lowest BCUT2D eigenvalue weighted by Gasteiger charge is -2.38. The molecule has 0 unspecified atom stereocenters. The Balaban J connectivity index is 2.19. The summed E-state index contributed by atoms with van der Waals surface area (Å²) in [5, 5.41) is 10.5. The summed E-state index contributed by atoms with van der Waals surface area (Å²) < 4.78 is 0. The zero-order chi connectivity index (χ0) is 15.6. The first kappa shape index (κ1) is 16.4. The fraction of sp³-hybridized carbons (Fsp3) is 0.611. The van der Waals surface area contributed by atoms with E-state index in [-0.39, 0.29) is 0 Å². The number of halogens is 1. The van der Waals surface area contributed by atoms with Gasteiger partial charge in [-0.1, -0.05) is 37.6 Å². The SMILES string of the molecule is Cc1ccc(CC2(C(=O)O)CCC(C(C)C)CC2)c(Cl)c1. The van der Waals surface area contributed by atoms with E-state index in [4.69, 9.17) is 11.6 Å². The predicted molar refractivity (Wildman–Crippen MR) is 86.8 cm³/mol. The molecule has 116 valence electrons. The maximum atomic E-state index is 11.9. The molecule has 0 spiro atoms. The summed E-state index contributed by atoms with van der Waals surface area (Å²) in [5.41, 5.74) is 1.44. The Kier molecular flexibility index (Phi) is 4.98. The highest BCUT2D eigenvalue weighted by Crippen LogP contribution is 2.44. The lowest BCUT2D eigenvalue weighted by molar-refractivity contribution is -0.151. The summed E-state index contributed by atoms with van der Waals surface area (Å²) in [7, 11) is 0. The molecule has 1 fully saturated rings. The third-order valence-corrected chi connectivity index (χ3v) is 5.47. The normalized spacial score (nSPS) is 26.0. The average molecular weight is 309 g/mol. The molecule has 1 aliphatic rings. The van der Waals surface area contributed by atoms with E-state index in [1.807, 2.05) is 25.1 Å². The molecular weight excluding hydrogens is 284 g/mol. The van der Waals surface area contributed by atoms with Crippen LogP contribution in [0.5, 0.6) is 0 Å². The maximum absolute atomic E-state index is 11.9. The van der Waals surface area contributed by atoms with Gasteiger partial charge >= 0.3 is 5.97 Å². The van der Waals surface area contributed by atoms with E-state index in [2.05, 4.69) is 13.8 Å². The van der Waals surface area contributed by atoms with Crippen LogP contribution in [-0.4, -0.2) is 11.1 Å². The molecule has 3 heteroatoms. The monoisotopic (exact) mass is 308 g/mol. The molecule has 1 aromatic carbocycles. The second-order valence-corrected chi connectivity index (χ2v) is 7.35. The molecule has 2 rings (SSSR count). The van der Waals surface area contributed by atoms with Crippen molar-refractivity contribution in [1.29, 1.82) is 0 Å². The van der Waals surface area contributed by atoms with Crippen molar-refractivity contribution >= 4 is 17.6 Å². The summed E-state index contributed by atoms with van der Waals surface area (Å²) in [5.74, 6) is 0.632. The molecule has 0 aromatic heterocycles. The van der Waals surface area contributed by atoms with E-state index < -0.39 is 11.4 Å². The fourth-order valence-electron chi connectivity index (χ4n) is 3.49. The zero-order valence-corrected chi connectivity index (χ0v) is 13.9. The number of aryl methyl sites for hydroxylation is 1. The van der Waals surface area contributed by atoms with Crippen molar-refractivity contribution in [3.63, 3.8) is 0 Å². The highest BCUT2D eigenvalue weighted by molar-refractivity contribution is 6.31. The van der Waals surface area contributed by atoms with Crippen LogP contribution in [0.15, 0.2) is 18.2 Å². The van der Waals surface area contributed by atoms with Crippen LogP contribution in [0.3, 0.4) is 0 Å². The van der Waals surface area contributed by atoms with Crippen LogP contribution >= 0.6 is 11.6 Å². The first-order valence-electron chi connectivity index (χ1n) is 7.82. The second-order valence-electron chi connectivity index (χ2n) is 6.94. The Morgan fingerprint density at radius 2 is 2.00 bits per heavy atom. The van der Waals surface area contributed by atoms with Gasteiger partial charge in [0.25, 0.3) is 0 Å². The van der Waals surface area contributed by atoms with Gasteiger partial charge in [0.05, 0.1) is 5.41 Å². The minimum absolute atomic E-state index is 0.548. The smallest absolute Gasteiger partial charge is 0.309 e. The van der Waals surface area contributed by atoms with Crippen molar-refractivity contribution in [3.05, 3.63) is 34.3 Å². The first-order chi connectivity index (χ1) is 9.84. The predicted octanol–water partition coefficient (Wildman–Crippen LogP) is 5.11. The van der Waals surface area contributed by atoms with Gasteiger partial charge in [-0.2, -0.15) is 0 Å². The van der Waals surface area contributed by atoms with Gasteiger partial charge in [-0.15, -0.1) is 0 Å². The molecule has 1 N–H and O–H groups in total. The van der Waals surface area contributed by atoms with Crippen LogP contribution in [0.2, 0.25) is 5.02 Å².